The summed E-state index contributed by atoms with van der Waals surface area (Å²) in [5.74, 6) is -1.10. The van der Waals surface area contributed by atoms with Gasteiger partial charge in [0.25, 0.3) is 5.91 Å². The van der Waals surface area contributed by atoms with Crippen molar-refractivity contribution in [1.29, 1.82) is 0 Å². The predicted molar refractivity (Wildman–Crippen MR) is 64.7 cm³/mol. The molecule has 86 valence electrons. The Morgan fingerprint density at radius 2 is 2.19 bits per heavy atom. The molecule has 0 aliphatic heterocycles. The Balaban J connectivity index is 2.60. The van der Waals surface area contributed by atoms with E-state index in [-0.39, 0.29) is 11.5 Å². The van der Waals surface area contributed by atoms with E-state index in [1.54, 1.807) is 13.0 Å². The highest BCUT2D eigenvalue weighted by Crippen LogP contribution is 2.06. The zero-order chi connectivity index (χ0) is 12.1. The van der Waals surface area contributed by atoms with Gasteiger partial charge in [-0.2, -0.15) is 0 Å². The molecule has 1 unspecified atom stereocenters. The van der Waals surface area contributed by atoms with Crippen LogP contribution in [0.15, 0.2) is 24.3 Å². The fourth-order valence-corrected chi connectivity index (χ4v) is 1.17. The number of thiocarbonyl (C=S) groups is 1. The second-order valence-corrected chi connectivity index (χ2v) is 3.96. The molecule has 0 fully saturated rings. The number of amides is 1. The van der Waals surface area contributed by atoms with Gasteiger partial charge >= 0.3 is 0 Å². The summed E-state index contributed by atoms with van der Waals surface area (Å²) in [4.78, 5) is 11.9. The smallest absolute Gasteiger partial charge is 0.254 e. The van der Waals surface area contributed by atoms with Crippen LogP contribution in [-0.2, 0) is 0 Å². The maximum atomic E-state index is 13.2. The molecule has 1 amide bonds. The van der Waals surface area contributed by atoms with Gasteiger partial charge in [0.15, 0.2) is 0 Å². The molecule has 16 heavy (non-hydrogen) atoms. The van der Waals surface area contributed by atoms with E-state index in [0.29, 0.717) is 11.5 Å². The monoisotopic (exact) mass is 240 g/mol. The first-order chi connectivity index (χ1) is 7.52. The van der Waals surface area contributed by atoms with Crippen molar-refractivity contribution in [1.82, 2.24) is 5.32 Å². The number of rotatable bonds is 4. The number of nitrogens with one attached hydrogen (secondary N) is 1. The zero-order valence-corrected chi connectivity index (χ0v) is 9.68. The van der Waals surface area contributed by atoms with Crippen LogP contribution < -0.4 is 11.1 Å². The number of carbonyl (C=O) groups is 1. The first-order valence-corrected chi connectivity index (χ1v) is 5.25. The molecule has 1 atom stereocenters. The van der Waals surface area contributed by atoms with Crippen molar-refractivity contribution < 1.29 is 9.18 Å². The summed E-state index contributed by atoms with van der Waals surface area (Å²) in [6.07, 6.45) is 0. The van der Waals surface area contributed by atoms with E-state index in [1.165, 1.54) is 18.2 Å². The third-order valence-electron chi connectivity index (χ3n) is 2.17. The van der Waals surface area contributed by atoms with E-state index in [0.717, 1.165) is 0 Å². The van der Waals surface area contributed by atoms with E-state index in [2.05, 4.69) is 5.32 Å². The van der Waals surface area contributed by atoms with E-state index in [4.69, 9.17) is 18.0 Å². The van der Waals surface area contributed by atoms with Gasteiger partial charge in [-0.1, -0.05) is 31.3 Å². The molecule has 1 aromatic rings. The van der Waals surface area contributed by atoms with E-state index >= 15 is 0 Å². The molecule has 0 heterocycles. The summed E-state index contributed by atoms with van der Waals surface area (Å²) in [5, 5.41) is 2.57. The number of benzene rings is 1. The molecule has 3 N–H and O–H groups in total. The first kappa shape index (κ1) is 12.6. The molecular weight excluding hydrogens is 227 g/mol. The first-order valence-electron chi connectivity index (χ1n) is 4.84. The molecule has 0 bridgehead atoms. The van der Waals surface area contributed by atoms with Crippen LogP contribution in [0.4, 0.5) is 4.39 Å². The lowest BCUT2D eigenvalue weighted by Crippen LogP contribution is -2.34. The minimum atomic E-state index is -0.539. The van der Waals surface area contributed by atoms with Crippen molar-refractivity contribution in [3.63, 3.8) is 0 Å². The van der Waals surface area contributed by atoms with Crippen molar-refractivity contribution in [2.45, 2.75) is 6.92 Å². The topological polar surface area (TPSA) is 55.1 Å². The second kappa shape index (κ2) is 5.55. The van der Waals surface area contributed by atoms with Gasteiger partial charge in [-0.15, -0.1) is 0 Å². The molecule has 1 aromatic carbocycles. The van der Waals surface area contributed by atoms with Crippen LogP contribution in [-0.4, -0.2) is 17.4 Å². The predicted octanol–water partition coefficient (Wildman–Crippen LogP) is 1.48. The van der Waals surface area contributed by atoms with Gasteiger partial charge in [-0.3, -0.25) is 4.79 Å². The number of nitrogens with two attached hydrogens (primary N) is 1. The summed E-state index contributed by atoms with van der Waals surface area (Å²) >= 11 is 4.77. The van der Waals surface area contributed by atoms with Gasteiger partial charge in [-0.25, -0.2) is 4.39 Å². The van der Waals surface area contributed by atoms with E-state index in [1.807, 2.05) is 0 Å². The van der Waals surface area contributed by atoms with Gasteiger partial charge < -0.3 is 11.1 Å². The average molecular weight is 240 g/mol. The summed E-state index contributed by atoms with van der Waals surface area (Å²) in [6.45, 7) is 2.10. The van der Waals surface area contributed by atoms with Crippen LogP contribution in [0.3, 0.4) is 0 Å². The van der Waals surface area contributed by atoms with Gasteiger partial charge in [-0.05, 0) is 12.1 Å². The molecule has 0 aliphatic carbocycles. The molecule has 0 aliphatic rings. The van der Waals surface area contributed by atoms with E-state index in [9.17, 15) is 9.18 Å². The fraction of sp³-hybridized carbons (Fsp3) is 0.273. The lowest BCUT2D eigenvalue weighted by Gasteiger charge is -2.11. The molecule has 1 rings (SSSR count). The molecule has 0 radical (unpaired) electrons. The molecule has 0 spiro atoms. The Hall–Kier alpha value is -1.49. The van der Waals surface area contributed by atoms with E-state index < -0.39 is 11.7 Å². The Morgan fingerprint density at radius 3 is 2.75 bits per heavy atom. The van der Waals surface area contributed by atoms with Gasteiger partial charge in [0.2, 0.25) is 0 Å². The molecule has 0 saturated heterocycles. The van der Waals surface area contributed by atoms with Crippen molar-refractivity contribution in [3.05, 3.63) is 35.6 Å². The summed E-state index contributed by atoms with van der Waals surface area (Å²) in [7, 11) is 0. The number of hydrogen-bond acceptors (Lipinski definition) is 2. The summed E-state index contributed by atoms with van der Waals surface area (Å²) in [5.41, 5.74) is 5.42. The van der Waals surface area contributed by atoms with Crippen molar-refractivity contribution in [2.24, 2.45) is 11.7 Å². The number of halogens is 1. The lowest BCUT2D eigenvalue weighted by atomic mass is 10.1. The van der Waals surface area contributed by atoms with Crippen LogP contribution in [0, 0.1) is 11.7 Å². The highest BCUT2D eigenvalue weighted by molar-refractivity contribution is 7.80. The standard InChI is InChI=1S/C11H13FN2OS/c1-7(10(13)16)6-14-11(15)8-4-2-3-5-9(8)12/h2-5,7H,6H2,1H3,(H2,13,16)(H,14,15). The minimum absolute atomic E-state index is 0.0256. The van der Waals surface area contributed by atoms with Crippen LogP contribution in [0.25, 0.3) is 0 Å². The molecule has 5 heteroatoms. The van der Waals surface area contributed by atoms with Gasteiger partial charge in [0.05, 0.1) is 10.6 Å². The SMILES string of the molecule is CC(CNC(=O)c1ccccc1F)C(N)=S. The second-order valence-electron chi connectivity index (χ2n) is 3.49. The van der Waals surface area contributed by atoms with Crippen molar-refractivity contribution in [2.75, 3.05) is 6.54 Å². The number of hydrogen-bond donors (Lipinski definition) is 2. The Morgan fingerprint density at radius 1 is 1.56 bits per heavy atom. The lowest BCUT2D eigenvalue weighted by molar-refractivity contribution is 0.0947. The van der Waals surface area contributed by atoms with Crippen LogP contribution in [0.5, 0.6) is 0 Å². The normalized spacial score (nSPS) is 11.9. The van der Waals surface area contributed by atoms with Crippen LogP contribution >= 0.6 is 12.2 Å². The molecule has 0 saturated carbocycles. The molecule has 0 aromatic heterocycles. The molecule has 3 nitrogen and oxygen atoms in total. The Kier molecular flexibility index (Phi) is 4.37. The highest BCUT2D eigenvalue weighted by Gasteiger charge is 2.12. The Bertz CT molecular complexity index is 409. The quantitative estimate of drug-likeness (QED) is 0.784. The Labute approximate surface area is 98.8 Å². The average Bonchev–Trinajstić information content (AvgIpc) is 2.25. The third kappa shape index (κ3) is 3.27. The van der Waals surface area contributed by atoms with Crippen molar-refractivity contribution >= 4 is 23.1 Å². The summed E-state index contributed by atoms with van der Waals surface area (Å²) < 4.78 is 13.2. The van der Waals surface area contributed by atoms with Crippen LogP contribution in [0.2, 0.25) is 0 Å². The largest absolute Gasteiger partial charge is 0.393 e. The minimum Gasteiger partial charge on any atom is -0.393 e. The van der Waals surface area contributed by atoms with Gasteiger partial charge in [0, 0.05) is 12.5 Å². The maximum Gasteiger partial charge on any atom is 0.254 e. The third-order valence-corrected chi connectivity index (χ3v) is 2.58. The maximum absolute atomic E-state index is 13.2. The van der Waals surface area contributed by atoms with Crippen molar-refractivity contribution in [3.8, 4) is 0 Å². The van der Waals surface area contributed by atoms with Crippen LogP contribution in [0.1, 0.15) is 17.3 Å². The number of carbonyl (C=O) groups excluding carboxylic acids is 1. The highest BCUT2D eigenvalue weighted by atomic mass is 32.1. The fourth-order valence-electron chi connectivity index (χ4n) is 1.09. The molecular formula is C11H13FN2OS. The zero-order valence-electron chi connectivity index (χ0n) is 8.87. The van der Waals surface area contributed by atoms with Gasteiger partial charge in [0.1, 0.15) is 5.82 Å². The summed E-state index contributed by atoms with van der Waals surface area (Å²) in [6, 6.07) is 5.81.